The van der Waals surface area contributed by atoms with Crippen molar-refractivity contribution in [3.05, 3.63) is 40.4 Å². The van der Waals surface area contributed by atoms with Gasteiger partial charge in [-0.1, -0.05) is 6.08 Å². The van der Waals surface area contributed by atoms with Gasteiger partial charge in [-0.05, 0) is 51.0 Å². The van der Waals surface area contributed by atoms with Crippen LogP contribution in [-0.4, -0.2) is 22.9 Å². The normalized spacial score (nSPS) is 22.2. The Balaban J connectivity index is 2.17. The average molecular weight is 212 g/mol. The molecule has 0 spiro atoms. The van der Waals surface area contributed by atoms with Crippen LogP contribution in [0.5, 0.6) is 0 Å². The number of hydrogen-bond acceptors (Lipinski definition) is 1. The van der Waals surface area contributed by atoms with Crippen molar-refractivity contribution in [1.82, 2.24) is 9.29 Å². The summed E-state index contributed by atoms with van der Waals surface area (Å²) in [4.78, 5) is 2.47. The molecule has 16 heavy (non-hydrogen) atoms. The van der Waals surface area contributed by atoms with E-state index in [0.29, 0.717) is 6.04 Å². The molecule has 3 rings (SSSR count). The maximum Gasteiger partial charge on any atom is 0.361 e. The van der Waals surface area contributed by atoms with Crippen LogP contribution in [0, 0.1) is 13.8 Å². The number of aromatic nitrogens is 1. The summed E-state index contributed by atoms with van der Waals surface area (Å²) in [5.41, 5.74) is 6.94. The lowest BCUT2D eigenvalue weighted by molar-refractivity contribution is 0.512. The topological polar surface area (TPSA) is 8.17 Å². The maximum absolute atomic E-state index is 2.47. The van der Waals surface area contributed by atoms with Crippen LogP contribution in [0.1, 0.15) is 30.8 Å². The van der Waals surface area contributed by atoms with Crippen LogP contribution >= 0.6 is 0 Å². The molecule has 3 heterocycles. The van der Waals surface area contributed by atoms with Gasteiger partial charge in [0.2, 0.25) is 0 Å². The lowest BCUT2D eigenvalue weighted by Crippen LogP contribution is -2.38. The minimum Gasteiger partial charge on any atom is -0.392 e. The first-order valence-corrected chi connectivity index (χ1v) is 5.92. The molecule has 0 saturated heterocycles. The summed E-state index contributed by atoms with van der Waals surface area (Å²) in [5, 5.41) is 0. The number of aryl methyl sites for hydroxylation is 2. The number of allylic oxidation sites excluding steroid dienone is 1. The zero-order valence-corrected chi connectivity index (χ0v) is 10.4. The molecule has 0 N–H and O–H groups in total. The Morgan fingerprint density at radius 3 is 2.75 bits per heavy atom. The first-order chi connectivity index (χ1) is 7.58. The van der Waals surface area contributed by atoms with E-state index in [0.717, 1.165) is 7.55 Å². The van der Waals surface area contributed by atoms with Gasteiger partial charge in [-0.15, -0.1) is 0 Å². The lowest BCUT2D eigenvalue weighted by Gasteiger charge is -2.31. The Labute approximate surface area is 97.5 Å². The van der Waals surface area contributed by atoms with Crippen LogP contribution in [0.15, 0.2) is 23.4 Å². The van der Waals surface area contributed by atoms with Gasteiger partial charge in [-0.3, -0.25) is 0 Å². The SMILES string of the molecule is CC1=CC(C)N2Bn3c(C)cc(C)c3C=C12. The standard InChI is InChI=1S/C13H17BN2/c1-8-5-10(3)15-12(8)7-13-9(2)6-11(4)16(13)14-15/h5-7,10,14H,1-4H3. The van der Waals surface area contributed by atoms with E-state index < -0.39 is 0 Å². The molecule has 0 bridgehead atoms. The predicted octanol–water partition coefficient (Wildman–Crippen LogP) is 2.22. The minimum absolute atomic E-state index is 0.529. The van der Waals surface area contributed by atoms with Gasteiger partial charge in [-0.25, -0.2) is 0 Å². The molecular weight excluding hydrogens is 195 g/mol. The molecule has 2 aliphatic heterocycles. The van der Waals surface area contributed by atoms with Crippen molar-refractivity contribution in [3.8, 4) is 0 Å². The minimum atomic E-state index is 0.529. The van der Waals surface area contributed by atoms with E-state index in [9.17, 15) is 0 Å². The number of hydrogen-bond donors (Lipinski definition) is 0. The van der Waals surface area contributed by atoms with Crippen molar-refractivity contribution in [3.63, 3.8) is 0 Å². The van der Waals surface area contributed by atoms with Crippen molar-refractivity contribution in [2.45, 2.75) is 33.7 Å². The van der Waals surface area contributed by atoms with Gasteiger partial charge in [0.15, 0.2) is 0 Å². The van der Waals surface area contributed by atoms with Crippen molar-refractivity contribution in [1.29, 1.82) is 0 Å². The monoisotopic (exact) mass is 212 g/mol. The Hall–Kier alpha value is -1.38. The first kappa shape index (κ1) is 9.82. The van der Waals surface area contributed by atoms with E-state index in [1.165, 1.54) is 28.2 Å². The highest BCUT2D eigenvalue weighted by Crippen LogP contribution is 2.33. The van der Waals surface area contributed by atoms with Crippen LogP contribution < -0.4 is 0 Å². The fourth-order valence-corrected chi connectivity index (χ4v) is 2.91. The van der Waals surface area contributed by atoms with Crippen LogP contribution in [-0.2, 0) is 0 Å². The third-order valence-electron chi connectivity index (χ3n) is 3.81. The highest BCUT2D eigenvalue weighted by Gasteiger charge is 2.29. The fourth-order valence-electron chi connectivity index (χ4n) is 2.91. The van der Waals surface area contributed by atoms with E-state index in [1.807, 2.05) is 0 Å². The smallest absolute Gasteiger partial charge is 0.361 e. The summed E-state index contributed by atoms with van der Waals surface area (Å²) in [6, 6.07) is 2.81. The fraction of sp³-hybridized carbons (Fsp3) is 0.385. The third kappa shape index (κ3) is 1.14. The quantitative estimate of drug-likeness (QED) is 0.598. The Kier molecular flexibility index (Phi) is 1.88. The molecule has 2 aliphatic rings. The first-order valence-electron chi connectivity index (χ1n) is 5.92. The molecule has 0 saturated carbocycles. The molecule has 0 aromatic carbocycles. The molecule has 82 valence electrons. The van der Waals surface area contributed by atoms with E-state index in [4.69, 9.17) is 0 Å². The van der Waals surface area contributed by atoms with E-state index in [2.05, 4.69) is 55.2 Å². The third-order valence-corrected chi connectivity index (χ3v) is 3.81. The van der Waals surface area contributed by atoms with Gasteiger partial charge < -0.3 is 9.29 Å². The van der Waals surface area contributed by atoms with Gasteiger partial charge in [0.25, 0.3) is 0 Å². The second-order valence-corrected chi connectivity index (χ2v) is 5.01. The van der Waals surface area contributed by atoms with Crippen LogP contribution in [0.2, 0.25) is 0 Å². The lowest BCUT2D eigenvalue weighted by atomic mass is 9.98. The van der Waals surface area contributed by atoms with E-state index in [1.54, 1.807) is 0 Å². The number of fused-ring (bicyclic) bond motifs is 2. The van der Waals surface area contributed by atoms with E-state index in [-0.39, 0.29) is 0 Å². The van der Waals surface area contributed by atoms with Gasteiger partial charge in [-0.2, -0.15) is 0 Å². The second kappa shape index (κ2) is 3.06. The van der Waals surface area contributed by atoms with Crippen LogP contribution in [0.4, 0.5) is 0 Å². The number of rotatable bonds is 0. The predicted molar refractivity (Wildman–Crippen MR) is 69.5 cm³/mol. The second-order valence-electron chi connectivity index (χ2n) is 5.01. The highest BCUT2D eigenvalue weighted by molar-refractivity contribution is 6.33. The van der Waals surface area contributed by atoms with Gasteiger partial charge >= 0.3 is 7.55 Å². The molecule has 1 aromatic rings. The summed E-state index contributed by atoms with van der Waals surface area (Å²) < 4.78 is 2.40. The molecule has 0 aliphatic carbocycles. The summed E-state index contributed by atoms with van der Waals surface area (Å²) in [7, 11) is 0.996. The molecule has 3 heteroatoms. The Bertz CT molecular complexity index is 522. The van der Waals surface area contributed by atoms with Crippen molar-refractivity contribution >= 4 is 13.6 Å². The summed E-state index contributed by atoms with van der Waals surface area (Å²) in [6.07, 6.45) is 4.68. The van der Waals surface area contributed by atoms with Crippen LogP contribution in [0.3, 0.4) is 0 Å². The molecular formula is C13H17BN2. The summed E-state index contributed by atoms with van der Waals surface area (Å²) >= 11 is 0. The summed E-state index contributed by atoms with van der Waals surface area (Å²) in [6.45, 7) is 8.86. The summed E-state index contributed by atoms with van der Waals surface area (Å²) in [5.74, 6) is 0. The molecule has 0 radical (unpaired) electrons. The van der Waals surface area contributed by atoms with Gasteiger partial charge in [0.05, 0.1) is 0 Å². The van der Waals surface area contributed by atoms with Crippen molar-refractivity contribution < 1.29 is 0 Å². The van der Waals surface area contributed by atoms with Crippen molar-refractivity contribution in [2.24, 2.45) is 0 Å². The molecule has 0 fully saturated rings. The maximum atomic E-state index is 2.47. The number of nitrogens with zero attached hydrogens (tertiary/aromatic N) is 2. The van der Waals surface area contributed by atoms with Gasteiger partial charge in [0, 0.05) is 23.1 Å². The van der Waals surface area contributed by atoms with Gasteiger partial charge in [0.1, 0.15) is 0 Å². The molecule has 1 aromatic heterocycles. The highest BCUT2D eigenvalue weighted by atomic mass is 15.2. The Morgan fingerprint density at radius 2 is 2.00 bits per heavy atom. The van der Waals surface area contributed by atoms with E-state index >= 15 is 0 Å². The van der Waals surface area contributed by atoms with Crippen molar-refractivity contribution in [2.75, 3.05) is 0 Å². The zero-order chi connectivity index (χ0) is 11.4. The molecule has 1 atom stereocenters. The average Bonchev–Trinajstić information content (AvgIpc) is 2.67. The largest absolute Gasteiger partial charge is 0.392 e. The molecule has 0 amide bonds. The Morgan fingerprint density at radius 1 is 1.25 bits per heavy atom. The van der Waals surface area contributed by atoms with Crippen LogP contribution in [0.25, 0.3) is 6.08 Å². The molecule has 2 nitrogen and oxygen atoms in total. The molecule has 1 unspecified atom stereocenters. The zero-order valence-electron chi connectivity index (χ0n) is 10.4.